The Bertz CT molecular complexity index is 901. The van der Waals surface area contributed by atoms with Gasteiger partial charge in [-0.3, -0.25) is 10.2 Å². The van der Waals surface area contributed by atoms with Crippen LogP contribution in [0.3, 0.4) is 0 Å². The first-order valence-corrected chi connectivity index (χ1v) is 8.19. The highest BCUT2D eigenvalue weighted by Crippen LogP contribution is 2.45. The molecular weight excluding hydrogens is 334 g/mol. The molecule has 2 aromatic heterocycles. The van der Waals surface area contributed by atoms with Crippen LogP contribution in [-0.2, 0) is 0 Å². The van der Waals surface area contributed by atoms with Gasteiger partial charge >= 0.3 is 12.0 Å². The molecule has 2 amide bonds. The van der Waals surface area contributed by atoms with E-state index in [1.54, 1.807) is 36.5 Å². The Morgan fingerprint density at radius 3 is 2.85 bits per heavy atom. The highest BCUT2D eigenvalue weighted by molar-refractivity contribution is 6.05. The quantitative estimate of drug-likeness (QED) is 0.824. The van der Waals surface area contributed by atoms with Crippen LogP contribution in [0.4, 0.5) is 22.1 Å². The van der Waals surface area contributed by atoms with E-state index in [9.17, 15) is 14.7 Å². The molecule has 4 heterocycles. The zero-order chi connectivity index (χ0) is 18.3. The molecule has 4 rings (SSSR count). The van der Waals surface area contributed by atoms with E-state index < -0.39 is 17.5 Å². The van der Waals surface area contributed by atoms with Gasteiger partial charge in [-0.1, -0.05) is 12.1 Å². The second kappa shape index (κ2) is 5.83. The fourth-order valence-corrected chi connectivity index (χ4v) is 3.55. The molecule has 2 aliphatic rings. The van der Waals surface area contributed by atoms with Crippen molar-refractivity contribution in [2.75, 3.05) is 28.2 Å². The summed E-state index contributed by atoms with van der Waals surface area (Å²) in [4.78, 5) is 36.4. The van der Waals surface area contributed by atoms with Crippen molar-refractivity contribution in [3.63, 3.8) is 0 Å². The van der Waals surface area contributed by atoms with Crippen LogP contribution in [0.5, 0.6) is 0 Å². The lowest BCUT2D eigenvalue weighted by atomic mass is 9.95. The fraction of sp³-hybridized carbons (Fsp3) is 0.222. The minimum absolute atomic E-state index is 0.110. The van der Waals surface area contributed by atoms with Gasteiger partial charge in [0.25, 0.3) is 0 Å². The maximum absolute atomic E-state index is 13.1. The molecular formula is C18H17N5O3. The number of aromatic carboxylic acids is 1. The van der Waals surface area contributed by atoms with E-state index in [1.807, 2.05) is 0 Å². The summed E-state index contributed by atoms with van der Waals surface area (Å²) >= 11 is 0. The molecule has 2 aromatic rings. The van der Waals surface area contributed by atoms with E-state index in [1.165, 1.54) is 11.0 Å². The first-order valence-electron chi connectivity index (χ1n) is 8.19. The number of rotatable bonds is 3. The van der Waals surface area contributed by atoms with Gasteiger partial charge in [0, 0.05) is 19.3 Å². The van der Waals surface area contributed by atoms with E-state index in [0.29, 0.717) is 24.6 Å². The largest absolute Gasteiger partial charge is 0.477 e. The van der Waals surface area contributed by atoms with Crippen molar-refractivity contribution in [1.29, 1.82) is 0 Å². The molecule has 0 aliphatic carbocycles. The van der Waals surface area contributed by atoms with Crippen LogP contribution in [0.15, 0.2) is 49.2 Å². The van der Waals surface area contributed by atoms with Gasteiger partial charge in [0.1, 0.15) is 5.82 Å². The summed E-state index contributed by atoms with van der Waals surface area (Å²) in [5.74, 6) is -0.409. The number of urea groups is 1. The third-order valence-corrected chi connectivity index (χ3v) is 4.83. The van der Waals surface area contributed by atoms with Crippen molar-refractivity contribution in [1.82, 2.24) is 9.97 Å². The summed E-state index contributed by atoms with van der Waals surface area (Å²) in [6, 6.07) is 7.95. The molecule has 0 radical (unpaired) electrons. The number of pyridine rings is 2. The summed E-state index contributed by atoms with van der Waals surface area (Å²) in [6.45, 7) is 5.24. The number of carboxylic acids is 1. The molecule has 2 N–H and O–H groups in total. The van der Waals surface area contributed by atoms with E-state index in [0.717, 1.165) is 12.2 Å². The molecule has 1 saturated heterocycles. The molecule has 0 spiro atoms. The predicted molar refractivity (Wildman–Crippen MR) is 96.7 cm³/mol. The molecule has 8 heteroatoms. The number of amides is 2. The van der Waals surface area contributed by atoms with Crippen molar-refractivity contribution >= 4 is 29.3 Å². The van der Waals surface area contributed by atoms with Crippen molar-refractivity contribution in [3.05, 3.63) is 54.9 Å². The molecule has 132 valence electrons. The third kappa shape index (κ3) is 2.38. The van der Waals surface area contributed by atoms with Crippen molar-refractivity contribution < 1.29 is 14.7 Å². The van der Waals surface area contributed by atoms with E-state index in [2.05, 4.69) is 26.8 Å². The van der Waals surface area contributed by atoms with Crippen LogP contribution in [0.25, 0.3) is 0 Å². The molecule has 2 aliphatic heterocycles. The third-order valence-electron chi connectivity index (χ3n) is 4.83. The van der Waals surface area contributed by atoms with Crippen LogP contribution in [0.2, 0.25) is 0 Å². The van der Waals surface area contributed by atoms with Crippen LogP contribution < -0.4 is 15.1 Å². The first-order chi connectivity index (χ1) is 12.5. The highest BCUT2D eigenvalue weighted by atomic mass is 16.4. The summed E-state index contributed by atoms with van der Waals surface area (Å²) in [6.07, 6.45) is 4.01. The molecule has 26 heavy (non-hydrogen) atoms. The van der Waals surface area contributed by atoms with Gasteiger partial charge < -0.3 is 10.0 Å². The first kappa shape index (κ1) is 16.1. The van der Waals surface area contributed by atoms with E-state index >= 15 is 0 Å². The number of hydrogen-bond acceptors (Lipinski definition) is 5. The number of nitrogens with one attached hydrogen (secondary N) is 1. The minimum atomic E-state index is -1.14. The van der Waals surface area contributed by atoms with Gasteiger partial charge in [-0.05, 0) is 30.7 Å². The van der Waals surface area contributed by atoms with Gasteiger partial charge in [-0.15, -0.1) is 6.58 Å². The number of aromatic nitrogens is 2. The average molecular weight is 351 g/mol. The molecule has 1 unspecified atom stereocenters. The zero-order valence-electron chi connectivity index (χ0n) is 13.9. The normalized spacial score (nSPS) is 20.5. The number of carbonyl (C=O) groups is 2. The monoisotopic (exact) mass is 351 g/mol. The van der Waals surface area contributed by atoms with Gasteiger partial charge in [-0.2, -0.15) is 0 Å². The molecule has 1 atom stereocenters. The molecule has 0 aromatic carbocycles. The smallest absolute Gasteiger partial charge is 0.354 e. The lowest BCUT2D eigenvalue weighted by molar-refractivity contribution is 0.0690. The summed E-state index contributed by atoms with van der Waals surface area (Å²) in [5, 5.41) is 12.1. The lowest BCUT2D eigenvalue weighted by Crippen LogP contribution is -2.57. The van der Waals surface area contributed by atoms with Gasteiger partial charge in [0.05, 0.1) is 11.2 Å². The number of nitrogens with zero attached hydrogens (tertiary/aromatic N) is 4. The number of carbonyl (C=O) groups excluding carboxylic acids is 1. The maximum atomic E-state index is 13.1. The lowest BCUT2D eigenvalue weighted by Gasteiger charge is -2.43. The minimum Gasteiger partial charge on any atom is -0.477 e. The number of hydrogen-bond donors (Lipinski definition) is 2. The van der Waals surface area contributed by atoms with E-state index in [-0.39, 0.29) is 5.69 Å². The summed E-state index contributed by atoms with van der Waals surface area (Å²) in [5.41, 5.74) is -0.0158. The summed E-state index contributed by atoms with van der Waals surface area (Å²) in [7, 11) is 0. The number of fused-ring (bicyclic) bond motifs is 4. The van der Waals surface area contributed by atoms with Crippen molar-refractivity contribution in [2.24, 2.45) is 0 Å². The van der Waals surface area contributed by atoms with Crippen LogP contribution in [-0.4, -0.2) is 45.7 Å². The van der Waals surface area contributed by atoms with E-state index in [4.69, 9.17) is 0 Å². The van der Waals surface area contributed by atoms with Crippen LogP contribution >= 0.6 is 0 Å². The van der Waals surface area contributed by atoms with Gasteiger partial charge in [0.2, 0.25) is 0 Å². The molecule has 1 fully saturated rings. The van der Waals surface area contributed by atoms with Crippen LogP contribution in [0.1, 0.15) is 16.9 Å². The van der Waals surface area contributed by atoms with Crippen LogP contribution in [0, 0.1) is 0 Å². The van der Waals surface area contributed by atoms with Gasteiger partial charge in [-0.25, -0.2) is 19.6 Å². The maximum Gasteiger partial charge on any atom is 0.354 e. The highest BCUT2D eigenvalue weighted by Gasteiger charge is 2.50. The Morgan fingerprint density at radius 1 is 1.31 bits per heavy atom. The topological polar surface area (TPSA) is 98.7 Å². The average Bonchev–Trinajstić information content (AvgIpc) is 3.03. The number of carboxylic acid groups (broad SMARTS) is 1. The Hall–Kier alpha value is -3.42. The second-order valence-corrected chi connectivity index (χ2v) is 6.30. The van der Waals surface area contributed by atoms with Crippen molar-refractivity contribution in [3.8, 4) is 0 Å². The standard InChI is InChI=1S/C18H17N5O3/c1-2-18-8-10-22(11-18)13-7-6-12(16(24)25)20-15(13)23(18)17(26)21-14-5-3-4-9-19-14/h2-7,9H,1,8,10-11H2,(H,24,25)(H,19,21,26). The SMILES string of the molecule is C=CC12CCN(C1)c1ccc(C(=O)O)nc1N2C(=O)Nc1ccccn1. The second-order valence-electron chi connectivity index (χ2n) is 6.30. The molecule has 0 saturated carbocycles. The van der Waals surface area contributed by atoms with Crippen molar-refractivity contribution in [2.45, 2.75) is 12.0 Å². The Balaban J connectivity index is 1.80. The Labute approximate surface area is 149 Å². The molecule has 2 bridgehead atoms. The fourth-order valence-electron chi connectivity index (χ4n) is 3.55. The summed E-state index contributed by atoms with van der Waals surface area (Å²) < 4.78 is 0. The predicted octanol–water partition coefficient (Wildman–Crippen LogP) is 2.36. The van der Waals surface area contributed by atoms with Gasteiger partial charge in [0.15, 0.2) is 11.5 Å². The Morgan fingerprint density at radius 2 is 2.15 bits per heavy atom. The Kier molecular flexibility index (Phi) is 3.61. The zero-order valence-corrected chi connectivity index (χ0v) is 13.9. The number of anilines is 3. The molecule has 8 nitrogen and oxygen atoms in total.